The number of rotatable bonds is 8. The summed E-state index contributed by atoms with van der Waals surface area (Å²) >= 11 is 3.55. The average Bonchev–Trinajstić information content (AvgIpc) is 2.39. The number of ether oxygens (including phenoxy) is 2. The standard InChI is InChI=1S/C13H21BrN2O2/c1-15-5-4-6-16-9-10-7-12(17-2)13(18-3)8-11(10)14/h7-8,15-16H,4-6,9H2,1-3H3. The summed E-state index contributed by atoms with van der Waals surface area (Å²) in [4.78, 5) is 0. The molecule has 1 rings (SSSR count). The van der Waals surface area contributed by atoms with E-state index in [2.05, 4.69) is 26.6 Å². The normalized spacial score (nSPS) is 10.4. The summed E-state index contributed by atoms with van der Waals surface area (Å²) < 4.78 is 11.6. The molecule has 2 N–H and O–H groups in total. The van der Waals surface area contributed by atoms with E-state index >= 15 is 0 Å². The summed E-state index contributed by atoms with van der Waals surface area (Å²) in [6.45, 7) is 2.83. The predicted octanol–water partition coefficient (Wildman–Crippen LogP) is 2.17. The molecule has 0 radical (unpaired) electrons. The fraction of sp³-hybridized carbons (Fsp3) is 0.538. The molecule has 0 spiro atoms. The number of nitrogens with one attached hydrogen (secondary N) is 2. The van der Waals surface area contributed by atoms with E-state index in [1.165, 1.54) is 0 Å². The van der Waals surface area contributed by atoms with E-state index in [4.69, 9.17) is 9.47 Å². The van der Waals surface area contributed by atoms with Crippen LogP contribution in [0, 0.1) is 0 Å². The van der Waals surface area contributed by atoms with Crippen LogP contribution in [0.4, 0.5) is 0 Å². The number of benzene rings is 1. The van der Waals surface area contributed by atoms with Crippen LogP contribution in [-0.2, 0) is 6.54 Å². The Bertz CT molecular complexity index is 372. The maximum atomic E-state index is 5.29. The number of hydrogen-bond acceptors (Lipinski definition) is 4. The highest BCUT2D eigenvalue weighted by Gasteiger charge is 2.08. The third-order valence-electron chi connectivity index (χ3n) is 2.65. The fourth-order valence-electron chi connectivity index (χ4n) is 1.64. The van der Waals surface area contributed by atoms with Crippen molar-refractivity contribution in [3.63, 3.8) is 0 Å². The molecule has 18 heavy (non-hydrogen) atoms. The van der Waals surface area contributed by atoms with Gasteiger partial charge in [-0.1, -0.05) is 15.9 Å². The summed E-state index contributed by atoms with van der Waals surface area (Å²) in [7, 11) is 5.25. The molecule has 4 nitrogen and oxygen atoms in total. The lowest BCUT2D eigenvalue weighted by Gasteiger charge is -2.12. The molecule has 102 valence electrons. The molecule has 1 aromatic carbocycles. The lowest BCUT2D eigenvalue weighted by atomic mass is 10.2. The Hall–Kier alpha value is -0.780. The largest absolute Gasteiger partial charge is 0.493 e. The molecule has 0 fully saturated rings. The third kappa shape index (κ3) is 4.48. The van der Waals surface area contributed by atoms with E-state index in [9.17, 15) is 0 Å². The molecule has 0 unspecified atom stereocenters. The molecule has 0 amide bonds. The van der Waals surface area contributed by atoms with Gasteiger partial charge >= 0.3 is 0 Å². The second-order valence-corrected chi connectivity index (χ2v) is 4.79. The molecule has 1 aromatic rings. The average molecular weight is 317 g/mol. The lowest BCUT2D eigenvalue weighted by molar-refractivity contribution is 0.354. The van der Waals surface area contributed by atoms with Crippen LogP contribution in [0.15, 0.2) is 16.6 Å². The van der Waals surface area contributed by atoms with E-state index in [0.717, 1.165) is 47.6 Å². The van der Waals surface area contributed by atoms with Gasteiger partial charge in [-0.2, -0.15) is 0 Å². The van der Waals surface area contributed by atoms with Crippen molar-refractivity contribution >= 4 is 15.9 Å². The third-order valence-corrected chi connectivity index (χ3v) is 3.39. The van der Waals surface area contributed by atoms with Crippen LogP contribution in [-0.4, -0.2) is 34.4 Å². The van der Waals surface area contributed by atoms with E-state index < -0.39 is 0 Å². The van der Waals surface area contributed by atoms with Crippen LogP contribution in [0.2, 0.25) is 0 Å². The zero-order valence-corrected chi connectivity index (χ0v) is 12.8. The molecule has 0 aromatic heterocycles. The van der Waals surface area contributed by atoms with E-state index in [1.54, 1.807) is 14.2 Å². The summed E-state index contributed by atoms with van der Waals surface area (Å²) in [6.07, 6.45) is 1.11. The first kappa shape index (κ1) is 15.3. The minimum absolute atomic E-state index is 0.739. The second-order valence-electron chi connectivity index (χ2n) is 3.93. The maximum Gasteiger partial charge on any atom is 0.161 e. The Morgan fingerprint density at radius 3 is 2.39 bits per heavy atom. The van der Waals surface area contributed by atoms with Crippen LogP contribution >= 0.6 is 15.9 Å². The zero-order valence-electron chi connectivity index (χ0n) is 11.2. The van der Waals surface area contributed by atoms with Gasteiger partial charge in [0.25, 0.3) is 0 Å². The van der Waals surface area contributed by atoms with Gasteiger partial charge in [-0.3, -0.25) is 0 Å². The Kier molecular flexibility index (Phi) is 7.08. The van der Waals surface area contributed by atoms with Crippen molar-refractivity contribution in [2.75, 3.05) is 34.4 Å². The van der Waals surface area contributed by atoms with Gasteiger partial charge in [-0.25, -0.2) is 0 Å². The highest BCUT2D eigenvalue weighted by atomic mass is 79.9. The first-order valence-electron chi connectivity index (χ1n) is 5.98. The van der Waals surface area contributed by atoms with Gasteiger partial charge in [-0.05, 0) is 44.3 Å². The van der Waals surface area contributed by atoms with Crippen LogP contribution in [0.5, 0.6) is 11.5 Å². The molecular formula is C13H21BrN2O2. The molecule has 0 heterocycles. The molecule has 0 bridgehead atoms. The number of halogens is 1. The van der Waals surface area contributed by atoms with E-state index in [0.29, 0.717) is 0 Å². The van der Waals surface area contributed by atoms with Crippen molar-refractivity contribution in [2.45, 2.75) is 13.0 Å². The molecular weight excluding hydrogens is 296 g/mol. The molecule has 0 saturated carbocycles. The van der Waals surface area contributed by atoms with Crippen molar-refractivity contribution in [3.8, 4) is 11.5 Å². The van der Waals surface area contributed by atoms with Gasteiger partial charge in [0.15, 0.2) is 11.5 Å². The van der Waals surface area contributed by atoms with Gasteiger partial charge in [0.05, 0.1) is 14.2 Å². The molecule has 0 aliphatic heterocycles. The molecule has 0 saturated heterocycles. The van der Waals surface area contributed by atoms with Crippen LogP contribution < -0.4 is 20.1 Å². The van der Waals surface area contributed by atoms with Crippen molar-refractivity contribution in [1.29, 1.82) is 0 Å². The summed E-state index contributed by atoms with van der Waals surface area (Å²) in [6, 6.07) is 3.93. The van der Waals surface area contributed by atoms with Gasteiger partial charge in [0, 0.05) is 11.0 Å². The SMILES string of the molecule is CNCCCNCc1cc(OC)c(OC)cc1Br. The van der Waals surface area contributed by atoms with Crippen molar-refractivity contribution in [3.05, 3.63) is 22.2 Å². The van der Waals surface area contributed by atoms with Crippen LogP contribution in [0.3, 0.4) is 0 Å². The first-order valence-corrected chi connectivity index (χ1v) is 6.78. The smallest absolute Gasteiger partial charge is 0.161 e. The van der Waals surface area contributed by atoms with Gasteiger partial charge in [-0.15, -0.1) is 0 Å². The van der Waals surface area contributed by atoms with Gasteiger partial charge < -0.3 is 20.1 Å². The van der Waals surface area contributed by atoms with E-state index in [-0.39, 0.29) is 0 Å². The van der Waals surface area contributed by atoms with Crippen LogP contribution in [0.25, 0.3) is 0 Å². The van der Waals surface area contributed by atoms with Crippen molar-refractivity contribution in [1.82, 2.24) is 10.6 Å². The summed E-state index contributed by atoms with van der Waals surface area (Å²) in [5, 5.41) is 6.53. The van der Waals surface area contributed by atoms with Gasteiger partial charge in [0.1, 0.15) is 0 Å². The van der Waals surface area contributed by atoms with Crippen molar-refractivity contribution in [2.24, 2.45) is 0 Å². The highest BCUT2D eigenvalue weighted by Crippen LogP contribution is 2.33. The minimum atomic E-state index is 0.739. The molecule has 5 heteroatoms. The minimum Gasteiger partial charge on any atom is -0.493 e. The molecule has 0 atom stereocenters. The Morgan fingerprint density at radius 2 is 1.78 bits per heavy atom. The Balaban J connectivity index is 2.59. The molecule has 0 aliphatic rings. The fourth-order valence-corrected chi connectivity index (χ4v) is 2.11. The zero-order chi connectivity index (χ0) is 13.4. The molecule has 0 aliphatic carbocycles. The Labute approximate surface area is 117 Å². The first-order chi connectivity index (χ1) is 8.72. The number of hydrogen-bond donors (Lipinski definition) is 2. The summed E-state index contributed by atoms with van der Waals surface area (Å²) in [5.41, 5.74) is 1.16. The quantitative estimate of drug-likeness (QED) is 0.721. The van der Waals surface area contributed by atoms with Crippen molar-refractivity contribution < 1.29 is 9.47 Å². The Morgan fingerprint density at radius 1 is 1.11 bits per heavy atom. The second kappa shape index (κ2) is 8.34. The number of methoxy groups -OCH3 is 2. The monoisotopic (exact) mass is 316 g/mol. The highest BCUT2D eigenvalue weighted by molar-refractivity contribution is 9.10. The van der Waals surface area contributed by atoms with Crippen LogP contribution in [0.1, 0.15) is 12.0 Å². The topological polar surface area (TPSA) is 42.5 Å². The maximum absolute atomic E-state index is 5.29. The lowest BCUT2D eigenvalue weighted by Crippen LogP contribution is -2.19. The predicted molar refractivity (Wildman–Crippen MR) is 77.5 cm³/mol. The van der Waals surface area contributed by atoms with Gasteiger partial charge in [0.2, 0.25) is 0 Å². The summed E-state index contributed by atoms with van der Waals surface area (Å²) in [5.74, 6) is 1.50. The van der Waals surface area contributed by atoms with E-state index in [1.807, 2.05) is 19.2 Å².